The Morgan fingerprint density at radius 2 is 1.85 bits per heavy atom. The third kappa shape index (κ3) is 4.74. The first-order chi connectivity index (χ1) is 9.65. The predicted octanol–water partition coefficient (Wildman–Crippen LogP) is 0.989. The van der Waals surface area contributed by atoms with Gasteiger partial charge in [0.15, 0.2) is 0 Å². The van der Waals surface area contributed by atoms with Crippen molar-refractivity contribution in [3.05, 3.63) is 24.5 Å². The minimum absolute atomic E-state index is 0.174. The van der Waals surface area contributed by atoms with Crippen molar-refractivity contribution in [1.82, 2.24) is 9.88 Å². The highest BCUT2D eigenvalue weighted by Gasteiger charge is 2.19. The summed E-state index contributed by atoms with van der Waals surface area (Å²) in [5.74, 6) is 0. The third-order valence-electron chi connectivity index (χ3n) is 3.49. The van der Waals surface area contributed by atoms with E-state index in [0.29, 0.717) is 13.2 Å². The van der Waals surface area contributed by atoms with E-state index in [9.17, 15) is 5.11 Å². The van der Waals surface area contributed by atoms with Gasteiger partial charge in [-0.3, -0.25) is 9.88 Å². The molecule has 0 aliphatic carbocycles. The van der Waals surface area contributed by atoms with Crippen LogP contribution in [0, 0.1) is 0 Å². The Balaban J connectivity index is 1.71. The predicted molar refractivity (Wildman–Crippen MR) is 80.0 cm³/mol. The minimum Gasteiger partial charge on any atom is -0.389 e. The summed E-state index contributed by atoms with van der Waals surface area (Å²) in [6.45, 7) is 9.01. The number of ether oxygens (including phenoxy) is 1. The number of aromatic nitrogens is 1. The number of β-amino-alcohol motifs (C(OH)–C–C–N with tert-alkyl or cyclic N) is 1. The van der Waals surface area contributed by atoms with E-state index in [1.807, 2.05) is 38.4 Å². The molecule has 1 aromatic rings. The van der Waals surface area contributed by atoms with Crippen LogP contribution in [0.2, 0.25) is 0 Å². The fourth-order valence-corrected chi connectivity index (χ4v) is 2.40. The first kappa shape index (κ1) is 15.2. The summed E-state index contributed by atoms with van der Waals surface area (Å²) in [5, 5.41) is 9.94. The van der Waals surface area contributed by atoms with E-state index >= 15 is 0 Å². The van der Waals surface area contributed by atoms with E-state index < -0.39 is 6.10 Å². The fourth-order valence-electron chi connectivity index (χ4n) is 2.40. The number of rotatable bonds is 6. The molecule has 0 unspecified atom stereocenters. The summed E-state index contributed by atoms with van der Waals surface area (Å²) in [6, 6.07) is 4.09. The number of aliphatic hydroxyl groups is 1. The average molecular weight is 279 g/mol. The van der Waals surface area contributed by atoms with Crippen LogP contribution in [-0.4, -0.2) is 66.5 Å². The summed E-state index contributed by atoms with van der Waals surface area (Å²) >= 11 is 0. The topological polar surface area (TPSA) is 48.8 Å². The molecule has 5 heteroatoms. The van der Waals surface area contributed by atoms with Gasteiger partial charge in [0.05, 0.1) is 18.8 Å². The summed E-state index contributed by atoms with van der Waals surface area (Å²) < 4.78 is 5.44. The molecule has 112 valence electrons. The van der Waals surface area contributed by atoms with Crippen LogP contribution in [0.1, 0.15) is 13.8 Å². The summed E-state index contributed by atoms with van der Waals surface area (Å²) in [7, 11) is 0. The van der Waals surface area contributed by atoms with Crippen LogP contribution in [0.15, 0.2) is 24.5 Å². The van der Waals surface area contributed by atoms with Gasteiger partial charge < -0.3 is 14.7 Å². The van der Waals surface area contributed by atoms with E-state index in [1.54, 1.807) is 0 Å². The van der Waals surface area contributed by atoms with Crippen molar-refractivity contribution in [3.63, 3.8) is 0 Å². The van der Waals surface area contributed by atoms with Crippen LogP contribution < -0.4 is 4.90 Å². The molecule has 5 nitrogen and oxygen atoms in total. The third-order valence-corrected chi connectivity index (χ3v) is 3.49. The first-order valence-electron chi connectivity index (χ1n) is 7.32. The van der Waals surface area contributed by atoms with Crippen LogP contribution >= 0.6 is 0 Å². The zero-order valence-corrected chi connectivity index (χ0v) is 12.4. The average Bonchev–Trinajstić information content (AvgIpc) is 2.47. The van der Waals surface area contributed by atoms with Gasteiger partial charge in [0.1, 0.15) is 0 Å². The van der Waals surface area contributed by atoms with Crippen molar-refractivity contribution in [3.8, 4) is 0 Å². The Hall–Kier alpha value is -1.17. The maximum atomic E-state index is 9.94. The van der Waals surface area contributed by atoms with Gasteiger partial charge in [0.25, 0.3) is 0 Å². The van der Waals surface area contributed by atoms with E-state index in [4.69, 9.17) is 4.74 Å². The number of pyridine rings is 1. The second-order valence-corrected chi connectivity index (χ2v) is 5.53. The Morgan fingerprint density at radius 3 is 2.45 bits per heavy atom. The number of piperazine rings is 1. The van der Waals surface area contributed by atoms with Crippen molar-refractivity contribution in [2.75, 3.05) is 44.2 Å². The van der Waals surface area contributed by atoms with Gasteiger partial charge in [-0.2, -0.15) is 0 Å². The van der Waals surface area contributed by atoms with Gasteiger partial charge in [-0.15, -0.1) is 0 Å². The molecule has 0 spiro atoms. The van der Waals surface area contributed by atoms with Gasteiger partial charge in [-0.25, -0.2) is 0 Å². The first-order valence-corrected chi connectivity index (χ1v) is 7.32. The zero-order valence-electron chi connectivity index (χ0n) is 12.4. The summed E-state index contributed by atoms with van der Waals surface area (Å²) in [5.41, 5.74) is 1.23. The van der Waals surface area contributed by atoms with Crippen LogP contribution in [0.25, 0.3) is 0 Å². The van der Waals surface area contributed by atoms with E-state index in [1.165, 1.54) is 5.69 Å². The lowest BCUT2D eigenvalue weighted by atomic mass is 10.2. The number of aliphatic hydroxyl groups excluding tert-OH is 1. The van der Waals surface area contributed by atoms with Gasteiger partial charge >= 0.3 is 0 Å². The monoisotopic (exact) mass is 279 g/mol. The number of hydrogen-bond acceptors (Lipinski definition) is 5. The molecule has 1 aromatic heterocycles. The Labute approximate surface area is 121 Å². The number of nitrogens with zero attached hydrogens (tertiary/aromatic N) is 3. The maximum absolute atomic E-state index is 9.94. The highest BCUT2D eigenvalue weighted by molar-refractivity contribution is 5.44. The molecule has 1 fully saturated rings. The SMILES string of the molecule is CC(C)OC[C@@H](O)CN1CCN(c2ccncc2)CC1. The quantitative estimate of drug-likeness (QED) is 0.841. The Kier molecular flexibility index (Phi) is 5.76. The minimum atomic E-state index is -0.398. The Morgan fingerprint density at radius 1 is 1.20 bits per heavy atom. The van der Waals surface area contributed by atoms with Gasteiger partial charge in [0, 0.05) is 50.8 Å². The smallest absolute Gasteiger partial charge is 0.0900 e. The summed E-state index contributed by atoms with van der Waals surface area (Å²) in [4.78, 5) is 8.70. The molecule has 0 aromatic carbocycles. The van der Waals surface area contributed by atoms with Gasteiger partial charge in [0.2, 0.25) is 0 Å². The number of hydrogen-bond donors (Lipinski definition) is 1. The normalized spacial score (nSPS) is 18.5. The van der Waals surface area contributed by atoms with Crippen molar-refractivity contribution in [1.29, 1.82) is 0 Å². The van der Waals surface area contributed by atoms with Crippen LogP contribution in [-0.2, 0) is 4.74 Å². The van der Waals surface area contributed by atoms with Crippen LogP contribution in [0.4, 0.5) is 5.69 Å². The molecule has 1 aliphatic heterocycles. The van der Waals surface area contributed by atoms with E-state index in [0.717, 1.165) is 26.2 Å². The molecule has 1 N–H and O–H groups in total. The number of anilines is 1. The lowest BCUT2D eigenvalue weighted by molar-refractivity contribution is -0.00899. The maximum Gasteiger partial charge on any atom is 0.0900 e. The lowest BCUT2D eigenvalue weighted by Gasteiger charge is -2.36. The second-order valence-electron chi connectivity index (χ2n) is 5.53. The largest absolute Gasteiger partial charge is 0.389 e. The molecular weight excluding hydrogens is 254 g/mol. The van der Waals surface area contributed by atoms with E-state index in [-0.39, 0.29) is 6.10 Å². The molecule has 1 aliphatic rings. The molecule has 0 radical (unpaired) electrons. The molecule has 0 bridgehead atoms. The molecule has 20 heavy (non-hydrogen) atoms. The van der Waals surface area contributed by atoms with Crippen LogP contribution in [0.5, 0.6) is 0 Å². The molecule has 1 saturated heterocycles. The molecule has 2 rings (SSSR count). The standard InChI is InChI=1S/C15H25N3O2/c1-13(2)20-12-15(19)11-17-7-9-18(10-8-17)14-3-5-16-6-4-14/h3-6,13,15,19H,7-12H2,1-2H3/t15-/m0/s1. The molecule has 2 heterocycles. The highest BCUT2D eigenvalue weighted by Crippen LogP contribution is 2.14. The molecule has 1 atom stereocenters. The second kappa shape index (κ2) is 7.57. The Bertz CT molecular complexity index is 378. The van der Waals surface area contributed by atoms with Crippen LogP contribution in [0.3, 0.4) is 0 Å². The van der Waals surface area contributed by atoms with Crippen molar-refractivity contribution in [2.24, 2.45) is 0 Å². The molecule has 0 amide bonds. The van der Waals surface area contributed by atoms with Crippen molar-refractivity contribution in [2.45, 2.75) is 26.1 Å². The zero-order chi connectivity index (χ0) is 14.4. The van der Waals surface area contributed by atoms with Gasteiger partial charge in [-0.05, 0) is 26.0 Å². The molecular formula is C15H25N3O2. The lowest BCUT2D eigenvalue weighted by Crippen LogP contribution is -2.49. The fraction of sp³-hybridized carbons (Fsp3) is 0.667. The van der Waals surface area contributed by atoms with Crippen molar-refractivity contribution < 1.29 is 9.84 Å². The molecule has 0 saturated carbocycles. The highest BCUT2D eigenvalue weighted by atomic mass is 16.5. The van der Waals surface area contributed by atoms with Crippen molar-refractivity contribution >= 4 is 5.69 Å². The van der Waals surface area contributed by atoms with Gasteiger partial charge in [-0.1, -0.05) is 0 Å². The van der Waals surface area contributed by atoms with E-state index in [2.05, 4.69) is 14.8 Å². The summed E-state index contributed by atoms with van der Waals surface area (Å²) in [6.07, 6.45) is 3.43.